The number of anilines is 2. The van der Waals surface area contributed by atoms with Crippen molar-refractivity contribution in [3.8, 4) is 0 Å². The molecule has 0 fully saturated rings. The SMILES string of the molecule is N[C@@H](CCCCCC(=O)[C@H](CC(=O)O)NC(=O)CCCCn1cc(CCCC(=O)Nc2nnc(NS(=O)[O-])s2)nn1)C(=O)N[C@@H](CC(=O)O)C(=O)C[C@@H](CS)C(=O)O. The molecule has 0 aromatic carbocycles. The summed E-state index contributed by atoms with van der Waals surface area (Å²) >= 11 is 2.19. The van der Waals surface area contributed by atoms with Crippen LogP contribution < -0.4 is 26.4 Å². The number of aryl methyl sites for hydroxylation is 2. The lowest BCUT2D eigenvalue weighted by molar-refractivity contribution is -0.144. The molecule has 0 saturated carbocycles. The first kappa shape index (κ1) is 49.2. The number of hydrogen-bond acceptors (Lipinski definition) is 17. The quantitative estimate of drug-likeness (QED) is 0.0269. The molecule has 0 aliphatic carbocycles. The molecule has 23 nitrogen and oxygen atoms in total. The van der Waals surface area contributed by atoms with E-state index in [1.165, 1.54) is 0 Å². The number of unbranched alkanes of at least 4 members (excludes halogenated alkanes) is 3. The van der Waals surface area contributed by atoms with Crippen LogP contribution in [0.2, 0.25) is 0 Å². The van der Waals surface area contributed by atoms with Gasteiger partial charge in [-0.15, -0.1) is 15.3 Å². The number of nitrogens with two attached hydrogens (primary N) is 1. The molecule has 0 bridgehead atoms. The van der Waals surface area contributed by atoms with Crippen molar-refractivity contribution in [1.29, 1.82) is 0 Å². The molecule has 9 N–H and O–H groups in total. The molecule has 2 aromatic rings. The van der Waals surface area contributed by atoms with Gasteiger partial charge in [-0.3, -0.25) is 52.0 Å². The Balaban J connectivity index is 1.69. The van der Waals surface area contributed by atoms with Crippen molar-refractivity contribution < 1.29 is 62.4 Å². The van der Waals surface area contributed by atoms with E-state index in [2.05, 4.69) is 49.1 Å². The van der Waals surface area contributed by atoms with E-state index in [0.717, 1.165) is 11.3 Å². The van der Waals surface area contributed by atoms with E-state index in [0.29, 0.717) is 57.2 Å². The summed E-state index contributed by atoms with van der Waals surface area (Å²) in [6, 6.07) is -3.86. The molecule has 58 heavy (non-hydrogen) atoms. The van der Waals surface area contributed by atoms with Crippen molar-refractivity contribution in [2.75, 3.05) is 15.8 Å². The molecule has 0 aliphatic heterocycles. The molecule has 322 valence electrons. The predicted molar refractivity (Wildman–Crippen MR) is 207 cm³/mol. The zero-order valence-corrected chi connectivity index (χ0v) is 33.7. The molecule has 0 saturated heterocycles. The number of nitrogens with zero attached hydrogens (tertiary/aromatic N) is 5. The second-order valence-corrected chi connectivity index (χ2v) is 15.0. The van der Waals surface area contributed by atoms with Crippen LogP contribution in [0.15, 0.2) is 6.20 Å². The topological polar surface area (TPSA) is 368 Å². The van der Waals surface area contributed by atoms with Gasteiger partial charge in [0.05, 0.1) is 42.6 Å². The molecule has 0 spiro atoms. The van der Waals surface area contributed by atoms with Crippen LogP contribution in [0, 0.1) is 5.92 Å². The summed E-state index contributed by atoms with van der Waals surface area (Å²) in [6.45, 7) is 0.426. The summed E-state index contributed by atoms with van der Waals surface area (Å²) in [6.07, 6.45) is 2.89. The number of carbonyl (C=O) groups excluding carboxylic acids is 5. The summed E-state index contributed by atoms with van der Waals surface area (Å²) in [5.41, 5.74) is 6.56. The third-order valence-electron chi connectivity index (χ3n) is 8.28. The number of thiol groups is 1. The highest BCUT2D eigenvalue weighted by atomic mass is 32.2. The number of carboxylic acid groups (broad SMARTS) is 3. The Morgan fingerprint density at radius 2 is 1.45 bits per heavy atom. The minimum Gasteiger partial charge on any atom is -0.755 e. The van der Waals surface area contributed by atoms with Gasteiger partial charge in [-0.05, 0) is 38.5 Å². The predicted octanol–water partition coefficient (Wildman–Crippen LogP) is -0.177. The monoisotopic (exact) mass is 875 g/mol. The summed E-state index contributed by atoms with van der Waals surface area (Å²) in [7, 11) is 0. The van der Waals surface area contributed by atoms with Gasteiger partial charge in [0.1, 0.15) is 0 Å². The van der Waals surface area contributed by atoms with Crippen LogP contribution in [0.1, 0.15) is 89.2 Å². The number of nitrogens with one attached hydrogen (secondary N) is 4. The van der Waals surface area contributed by atoms with E-state index < -0.39 is 95.9 Å². The zero-order chi connectivity index (χ0) is 43.2. The molecule has 3 amide bonds. The highest BCUT2D eigenvalue weighted by Gasteiger charge is 2.30. The Labute approximate surface area is 343 Å². The van der Waals surface area contributed by atoms with Gasteiger partial charge in [0.15, 0.2) is 11.6 Å². The normalized spacial score (nSPS) is 13.6. The van der Waals surface area contributed by atoms with E-state index in [9.17, 15) is 52.2 Å². The molecule has 0 aliphatic rings. The molecule has 2 heterocycles. The van der Waals surface area contributed by atoms with Crippen molar-refractivity contribution in [3.63, 3.8) is 0 Å². The number of Topliss-reactive ketones (excluding diaryl/α,β-unsaturated/α-hetero) is 2. The Morgan fingerprint density at radius 3 is 2.09 bits per heavy atom. The van der Waals surface area contributed by atoms with Crippen LogP contribution in [0.5, 0.6) is 0 Å². The Kier molecular flexibility index (Phi) is 22.2. The molecule has 26 heteroatoms. The summed E-state index contributed by atoms with van der Waals surface area (Å²) < 4.78 is 24.9. The highest BCUT2D eigenvalue weighted by Crippen LogP contribution is 2.20. The van der Waals surface area contributed by atoms with Gasteiger partial charge in [-0.1, -0.05) is 29.4 Å². The number of rotatable bonds is 31. The molecule has 5 atom stereocenters. The second kappa shape index (κ2) is 26.2. The first-order valence-corrected chi connectivity index (χ1v) is 20.6. The fraction of sp³-hybridized carbons (Fsp3) is 0.625. The highest BCUT2D eigenvalue weighted by molar-refractivity contribution is 7.80. The Bertz CT molecular complexity index is 1760. The van der Waals surface area contributed by atoms with Gasteiger partial charge in [-0.25, -0.2) is 0 Å². The van der Waals surface area contributed by atoms with Crippen LogP contribution >= 0.6 is 24.0 Å². The number of hydrogen-bond donors (Lipinski definition) is 9. The fourth-order valence-corrected chi connectivity index (χ4v) is 6.62. The number of ketones is 2. The lowest BCUT2D eigenvalue weighted by atomic mass is 9.97. The van der Waals surface area contributed by atoms with Gasteiger partial charge in [0.25, 0.3) is 0 Å². The molecular formula is C32H47N10O13S3-. The molecular weight excluding hydrogens is 829 g/mol. The third kappa shape index (κ3) is 20.0. The Hall–Kier alpha value is -4.92. The number of carboxylic acids is 3. The largest absolute Gasteiger partial charge is 0.755 e. The van der Waals surface area contributed by atoms with Crippen molar-refractivity contribution >= 4 is 92.7 Å². The van der Waals surface area contributed by atoms with Crippen LogP contribution in [0.3, 0.4) is 0 Å². The smallest absolute Gasteiger partial charge is 0.307 e. The van der Waals surface area contributed by atoms with Crippen LogP contribution in [-0.4, -0.2) is 120 Å². The van der Waals surface area contributed by atoms with E-state index in [-0.39, 0.29) is 47.6 Å². The minimum absolute atomic E-state index is 0.0119. The van der Waals surface area contributed by atoms with Crippen molar-refractivity contribution in [2.24, 2.45) is 11.7 Å². The van der Waals surface area contributed by atoms with Crippen LogP contribution in [-0.2, 0) is 62.6 Å². The van der Waals surface area contributed by atoms with Gasteiger partial charge in [0, 0.05) is 55.4 Å². The second-order valence-electron chi connectivity index (χ2n) is 13.0. The standard InChI is InChI=1S/C32H48N10O13S3/c33-20(29(51)35-22(15-28(49)50)24(44)13-18(17-56)30(52)53)8-2-1-3-9-23(43)21(14-27(47)48)34-25(45)10-4-5-12-42-16-19(37-41-42)7-6-11-26(46)36-31-38-39-32(57-31)40-58(54)55/h16,18,20-22,56H,1-15,17,33H2,(H,34,45)(H,35,51)(H,39,40)(H,47,48)(H,49,50)(H,52,53)(H,54,55)(H,36,38,46)/p-1/t18-,20-,21-,22-/m0/s1. The van der Waals surface area contributed by atoms with E-state index in [1.807, 2.05) is 4.72 Å². The average Bonchev–Trinajstić information content (AvgIpc) is 3.79. The maximum Gasteiger partial charge on any atom is 0.307 e. The van der Waals surface area contributed by atoms with E-state index in [4.69, 9.17) is 15.9 Å². The molecule has 0 radical (unpaired) electrons. The van der Waals surface area contributed by atoms with Gasteiger partial charge < -0.3 is 41.6 Å². The van der Waals surface area contributed by atoms with Crippen molar-refractivity contribution in [1.82, 2.24) is 35.8 Å². The van der Waals surface area contributed by atoms with Gasteiger partial charge in [-0.2, -0.15) is 12.6 Å². The van der Waals surface area contributed by atoms with Crippen LogP contribution in [0.25, 0.3) is 0 Å². The third-order valence-corrected chi connectivity index (χ3v) is 9.97. The molecule has 2 aromatic heterocycles. The number of amides is 3. The van der Waals surface area contributed by atoms with Gasteiger partial charge >= 0.3 is 17.9 Å². The number of aliphatic carboxylic acids is 3. The van der Waals surface area contributed by atoms with E-state index in [1.54, 1.807) is 10.9 Å². The Morgan fingerprint density at radius 1 is 0.810 bits per heavy atom. The van der Waals surface area contributed by atoms with Gasteiger partial charge in [0.2, 0.25) is 28.0 Å². The van der Waals surface area contributed by atoms with Crippen LogP contribution in [0.4, 0.5) is 10.3 Å². The number of carbonyl (C=O) groups is 8. The fourth-order valence-electron chi connectivity index (χ4n) is 5.27. The summed E-state index contributed by atoms with van der Waals surface area (Å²) in [5.74, 6) is -8.20. The lowest BCUT2D eigenvalue weighted by Gasteiger charge is -2.20. The van der Waals surface area contributed by atoms with E-state index >= 15 is 0 Å². The summed E-state index contributed by atoms with van der Waals surface area (Å²) in [5, 5.41) is 50.4. The zero-order valence-electron chi connectivity index (χ0n) is 31.2. The lowest BCUT2D eigenvalue weighted by Crippen LogP contribution is -2.49. The number of aromatic nitrogens is 5. The first-order valence-electron chi connectivity index (χ1n) is 18.0. The molecule has 1 unspecified atom stereocenters. The van der Waals surface area contributed by atoms with Crippen molar-refractivity contribution in [3.05, 3.63) is 11.9 Å². The average molecular weight is 876 g/mol. The summed E-state index contributed by atoms with van der Waals surface area (Å²) in [4.78, 5) is 96.6. The maximum atomic E-state index is 12.8. The van der Waals surface area contributed by atoms with Crippen molar-refractivity contribution in [2.45, 2.75) is 115 Å². The molecule has 2 rings (SSSR count). The maximum absolute atomic E-state index is 12.8. The first-order chi connectivity index (χ1) is 27.5. The minimum atomic E-state index is -2.56.